The van der Waals surface area contributed by atoms with Crippen LogP contribution in [0.2, 0.25) is 15.1 Å². The zero-order chi connectivity index (χ0) is 28.8. The fraction of sp³-hybridized carbons (Fsp3) is 0.483. The largest absolute Gasteiger partial charge is 0.469 e. The van der Waals surface area contributed by atoms with Gasteiger partial charge in [-0.1, -0.05) is 87.0 Å². The lowest BCUT2D eigenvalue weighted by atomic mass is 9.64. The number of nitrogens with zero attached hydrogens (tertiary/aromatic N) is 1. The van der Waals surface area contributed by atoms with Crippen molar-refractivity contribution in [3.05, 3.63) is 62.6 Å². The van der Waals surface area contributed by atoms with Crippen LogP contribution < -0.4 is 10.6 Å². The van der Waals surface area contributed by atoms with Gasteiger partial charge in [-0.2, -0.15) is 0 Å². The van der Waals surface area contributed by atoms with E-state index in [0.717, 1.165) is 37.7 Å². The number of amides is 3. The lowest BCUT2D eigenvalue weighted by Crippen LogP contribution is -2.60. The van der Waals surface area contributed by atoms with E-state index in [2.05, 4.69) is 36.1 Å². The number of ether oxygens (including phenoxy) is 1. The van der Waals surface area contributed by atoms with Crippen molar-refractivity contribution in [1.82, 2.24) is 10.2 Å². The molecule has 10 heteroatoms. The Hall–Kier alpha value is -2.48. The maximum atomic E-state index is 13.9. The van der Waals surface area contributed by atoms with Gasteiger partial charge in [0.2, 0.25) is 0 Å². The van der Waals surface area contributed by atoms with Crippen LogP contribution in [0.5, 0.6) is 0 Å². The van der Waals surface area contributed by atoms with E-state index in [1.54, 1.807) is 24.3 Å². The van der Waals surface area contributed by atoms with E-state index >= 15 is 0 Å². The molecule has 3 rings (SSSR count). The van der Waals surface area contributed by atoms with Crippen LogP contribution in [-0.4, -0.2) is 42.0 Å². The van der Waals surface area contributed by atoms with Gasteiger partial charge in [0, 0.05) is 29.9 Å². The van der Waals surface area contributed by atoms with Gasteiger partial charge in [0.25, 0.3) is 5.91 Å². The summed E-state index contributed by atoms with van der Waals surface area (Å²) >= 11 is 18.5. The van der Waals surface area contributed by atoms with Gasteiger partial charge in [0.1, 0.15) is 0 Å². The Morgan fingerprint density at radius 3 is 2.10 bits per heavy atom. The summed E-state index contributed by atoms with van der Waals surface area (Å²) in [6, 6.07) is 10.1. The van der Waals surface area contributed by atoms with Crippen LogP contribution in [-0.2, 0) is 16.1 Å². The van der Waals surface area contributed by atoms with Crippen LogP contribution in [0.25, 0.3) is 0 Å². The first-order valence-electron chi connectivity index (χ1n) is 13.0. The molecular weight excluding hydrogens is 561 g/mol. The molecule has 1 fully saturated rings. The topological polar surface area (TPSA) is 87.7 Å². The Kier molecular flexibility index (Phi) is 10.5. The molecule has 2 aromatic carbocycles. The molecule has 1 saturated carbocycles. The van der Waals surface area contributed by atoms with Gasteiger partial charge in [0.15, 0.2) is 0 Å². The minimum Gasteiger partial charge on any atom is -0.469 e. The molecule has 0 atom stereocenters. The number of rotatable bonds is 8. The molecule has 0 radical (unpaired) electrons. The number of esters is 1. The van der Waals surface area contributed by atoms with Crippen LogP contribution in [0.1, 0.15) is 75.2 Å². The van der Waals surface area contributed by atoms with Gasteiger partial charge >= 0.3 is 12.0 Å². The molecule has 0 aliphatic heterocycles. The van der Waals surface area contributed by atoms with E-state index in [4.69, 9.17) is 34.8 Å². The molecule has 0 bridgehead atoms. The fourth-order valence-corrected chi connectivity index (χ4v) is 5.82. The van der Waals surface area contributed by atoms with E-state index in [-0.39, 0.29) is 56.9 Å². The molecule has 0 saturated heterocycles. The van der Waals surface area contributed by atoms with E-state index in [9.17, 15) is 14.4 Å². The van der Waals surface area contributed by atoms with Gasteiger partial charge < -0.3 is 20.3 Å². The third-order valence-electron chi connectivity index (χ3n) is 7.47. The molecule has 0 spiro atoms. The van der Waals surface area contributed by atoms with Crippen LogP contribution in [0, 0.1) is 5.41 Å². The highest BCUT2D eigenvalue weighted by atomic mass is 35.5. The second-order valence-electron chi connectivity index (χ2n) is 10.9. The second-order valence-corrected chi connectivity index (χ2v) is 12.1. The zero-order valence-corrected chi connectivity index (χ0v) is 25.1. The number of carbonyl (C=O) groups excluding carboxylic acids is 3. The number of halogens is 3. The molecule has 2 N–H and O–H groups in total. The summed E-state index contributed by atoms with van der Waals surface area (Å²) in [7, 11) is 1.31. The summed E-state index contributed by atoms with van der Waals surface area (Å²) in [5.41, 5.74) is 1.23. The first kappa shape index (κ1) is 31.1. The Bertz CT molecular complexity index is 1170. The number of methoxy groups -OCH3 is 1. The Morgan fingerprint density at radius 2 is 1.56 bits per heavy atom. The van der Waals surface area contributed by atoms with Crippen molar-refractivity contribution < 1.29 is 19.1 Å². The van der Waals surface area contributed by atoms with E-state index in [1.807, 2.05) is 17.0 Å². The lowest BCUT2D eigenvalue weighted by Gasteiger charge is -2.54. The molecule has 0 unspecified atom stereocenters. The van der Waals surface area contributed by atoms with Crippen LogP contribution in [0.4, 0.5) is 10.5 Å². The average molecular weight is 597 g/mol. The zero-order valence-electron chi connectivity index (χ0n) is 22.8. The Balaban J connectivity index is 1.87. The molecule has 212 valence electrons. The normalized spacial score (nSPS) is 14.8. The number of hydrogen-bond donors (Lipinski definition) is 2. The summed E-state index contributed by atoms with van der Waals surface area (Å²) in [5.74, 6) is -0.669. The molecule has 3 amide bonds. The first-order chi connectivity index (χ1) is 18.4. The minimum atomic E-state index is -0.390. The van der Waals surface area contributed by atoms with Crippen molar-refractivity contribution in [3.8, 4) is 0 Å². The summed E-state index contributed by atoms with van der Waals surface area (Å²) in [6.45, 7) is 7.07. The van der Waals surface area contributed by atoms with Gasteiger partial charge in [-0.25, -0.2) is 4.79 Å². The summed E-state index contributed by atoms with van der Waals surface area (Å²) in [5, 5.41) is 6.46. The highest BCUT2D eigenvalue weighted by Crippen LogP contribution is 2.47. The monoisotopic (exact) mass is 595 g/mol. The summed E-state index contributed by atoms with van der Waals surface area (Å²) in [6.07, 6.45) is 5.06. The van der Waals surface area contributed by atoms with Gasteiger partial charge in [0.05, 0.1) is 28.6 Å². The summed E-state index contributed by atoms with van der Waals surface area (Å²) < 4.78 is 4.60. The molecule has 0 heterocycles. The van der Waals surface area contributed by atoms with Gasteiger partial charge in [-0.05, 0) is 48.1 Å². The van der Waals surface area contributed by atoms with Crippen LogP contribution >= 0.6 is 34.8 Å². The number of carbonyl (C=O) groups is 3. The third kappa shape index (κ3) is 7.59. The number of benzene rings is 2. The Labute approximate surface area is 245 Å². The Morgan fingerprint density at radius 1 is 0.974 bits per heavy atom. The lowest BCUT2D eigenvalue weighted by molar-refractivity contribution is -0.140. The summed E-state index contributed by atoms with van der Waals surface area (Å²) in [4.78, 5) is 39.7. The maximum absolute atomic E-state index is 13.9. The van der Waals surface area contributed by atoms with Gasteiger partial charge in [-0.3, -0.25) is 9.59 Å². The smallest absolute Gasteiger partial charge is 0.322 e. The van der Waals surface area contributed by atoms with Crippen molar-refractivity contribution >= 4 is 58.4 Å². The highest BCUT2D eigenvalue weighted by Gasteiger charge is 2.49. The van der Waals surface area contributed by atoms with E-state index in [1.165, 1.54) is 7.11 Å². The van der Waals surface area contributed by atoms with E-state index < -0.39 is 0 Å². The second kappa shape index (κ2) is 13.2. The molecule has 1 aliphatic carbocycles. The van der Waals surface area contributed by atoms with E-state index in [0.29, 0.717) is 17.8 Å². The van der Waals surface area contributed by atoms with Crippen molar-refractivity contribution in [3.63, 3.8) is 0 Å². The standard InChI is InChI=1S/C29H36Cl3N3O4/c1-28(2,3)29(13-6-5-7-14-29)35(27(38)34-21-16-22(30)25(32)23(31)17-21)18-19-8-10-20(11-9-19)26(37)33-15-12-24(36)39-4/h8-11,16-17H,5-7,12-15,18H2,1-4H3,(H,33,37)(H,34,38). The third-order valence-corrected chi connectivity index (χ3v) is 8.67. The predicted octanol–water partition coefficient (Wildman–Crippen LogP) is 7.72. The van der Waals surface area contributed by atoms with Crippen molar-refractivity contribution in [2.24, 2.45) is 5.41 Å². The number of urea groups is 1. The van der Waals surface area contributed by atoms with Gasteiger partial charge in [-0.15, -0.1) is 0 Å². The first-order valence-corrected chi connectivity index (χ1v) is 14.2. The van der Waals surface area contributed by atoms with Crippen molar-refractivity contribution in [2.75, 3.05) is 19.0 Å². The number of nitrogens with one attached hydrogen (secondary N) is 2. The molecular formula is C29H36Cl3N3O4. The average Bonchev–Trinajstić information content (AvgIpc) is 2.90. The van der Waals surface area contributed by atoms with Crippen molar-refractivity contribution in [1.29, 1.82) is 0 Å². The molecule has 1 aliphatic rings. The van der Waals surface area contributed by atoms with Crippen LogP contribution in [0.15, 0.2) is 36.4 Å². The minimum absolute atomic E-state index is 0.101. The van der Waals surface area contributed by atoms with Crippen molar-refractivity contribution in [2.45, 2.75) is 71.4 Å². The molecule has 0 aromatic heterocycles. The molecule has 39 heavy (non-hydrogen) atoms. The highest BCUT2D eigenvalue weighted by molar-refractivity contribution is 6.48. The fourth-order valence-electron chi connectivity index (χ4n) is 5.22. The number of hydrogen-bond acceptors (Lipinski definition) is 4. The van der Waals surface area contributed by atoms with Crippen LogP contribution in [0.3, 0.4) is 0 Å². The molecule has 7 nitrogen and oxygen atoms in total. The maximum Gasteiger partial charge on any atom is 0.322 e. The molecule has 2 aromatic rings. The quantitative estimate of drug-likeness (QED) is 0.241. The SMILES string of the molecule is COC(=O)CCNC(=O)c1ccc(CN(C(=O)Nc2cc(Cl)c(Cl)c(Cl)c2)C2(C(C)(C)C)CCCCC2)cc1. The number of anilines is 1. The predicted molar refractivity (Wildman–Crippen MR) is 157 cm³/mol.